The van der Waals surface area contributed by atoms with Crippen LogP contribution < -0.4 is 5.32 Å². The van der Waals surface area contributed by atoms with Crippen LogP contribution in [-0.2, 0) is 11.0 Å². The molecule has 2 rings (SSSR count). The van der Waals surface area contributed by atoms with Crippen LogP contribution in [0.15, 0.2) is 29.2 Å². The molecule has 0 spiro atoms. The molecule has 0 unspecified atom stereocenters. The van der Waals surface area contributed by atoms with Gasteiger partial charge in [0.1, 0.15) is 0 Å². The van der Waals surface area contributed by atoms with Gasteiger partial charge in [-0.15, -0.1) is 11.8 Å². The molecule has 0 saturated carbocycles. The summed E-state index contributed by atoms with van der Waals surface area (Å²) in [7, 11) is 1.91. The molecule has 1 aliphatic rings. The van der Waals surface area contributed by atoms with Crippen molar-refractivity contribution in [2.24, 2.45) is 0 Å². The van der Waals surface area contributed by atoms with Gasteiger partial charge in [0.15, 0.2) is 0 Å². The summed E-state index contributed by atoms with van der Waals surface area (Å²) in [6.45, 7) is 1.40. The third-order valence-electron chi connectivity index (χ3n) is 3.78. The SMILES string of the molecule is CNC1CCN(C(=O)CSc2cccc(C(F)(F)F)c2)CC1. The van der Waals surface area contributed by atoms with Gasteiger partial charge in [0.25, 0.3) is 0 Å². The number of hydrogen-bond donors (Lipinski definition) is 1. The first-order chi connectivity index (χ1) is 10.4. The Kier molecular flexibility index (Phi) is 5.74. The number of hydrogen-bond acceptors (Lipinski definition) is 3. The van der Waals surface area contributed by atoms with E-state index in [0.29, 0.717) is 24.0 Å². The van der Waals surface area contributed by atoms with Crippen molar-refractivity contribution < 1.29 is 18.0 Å². The van der Waals surface area contributed by atoms with Crippen LogP contribution in [0.1, 0.15) is 18.4 Å². The van der Waals surface area contributed by atoms with Crippen LogP contribution >= 0.6 is 11.8 Å². The van der Waals surface area contributed by atoms with Gasteiger partial charge in [0.05, 0.1) is 11.3 Å². The second-order valence-electron chi connectivity index (χ2n) is 5.26. The number of rotatable bonds is 4. The van der Waals surface area contributed by atoms with Crippen molar-refractivity contribution in [1.29, 1.82) is 0 Å². The zero-order chi connectivity index (χ0) is 16.2. The summed E-state index contributed by atoms with van der Waals surface area (Å²) in [5.74, 6) is 0.155. The van der Waals surface area contributed by atoms with Crippen LogP contribution in [0.2, 0.25) is 0 Å². The summed E-state index contributed by atoms with van der Waals surface area (Å²) in [6, 6.07) is 5.54. The molecule has 1 aliphatic heterocycles. The number of carbonyl (C=O) groups is 1. The van der Waals surface area contributed by atoms with Crippen LogP contribution in [-0.4, -0.2) is 42.7 Å². The van der Waals surface area contributed by atoms with Gasteiger partial charge in [0, 0.05) is 24.0 Å². The maximum Gasteiger partial charge on any atom is 0.416 e. The minimum atomic E-state index is -4.35. The zero-order valence-electron chi connectivity index (χ0n) is 12.3. The Morgan fingerprint density at radius 1 is 1.36 bits per heavy atom. The average molecular weight is 332 g/mol. The smallest absolute Gasteiger partial charge is 0.342 e. The average Bonchev–Trinajstić information content (AvgIpc) is 2.52. The first-order valence-corrected chi connectivity index (χ1v) is 8.14. The summed E-state index contributed by atoms with van der Waals surface area (Å²) >= 11 is 1.15. The molecule has 1 heterocycles. The Labute approximate surface area is 132 Å². The van der Waals surface area contributed by atoms with E-state index >= 15 is 0 Å². The van der Waals surface area contributed by atoms with E-state index in [-0.39, 0.29) is 11.7 Å². The molecule has 1 N–H and O–H groups in total. The number of thioether (sulfide) groups is 1. The van der Waals surface area contributed by atoms with Crippen LogP contribution in [0.3, 0.4) is 0 Å². The molecule has 1 saturated heterocycles. The van der Waals surface area contributed by atoms with Crippen molar-refractivity contribution in [1.82, 2.24) is 10.2 Å². The van der Waals surface area contributed by atoms with Crippen LogP contribution in [0.25, 0.3) is 0 Å². The van der Waals surface area contributed by atoms with Crippen LogP contribution in [0.4, 0.5) is 13.2 Å². The van der Waals surface area contributed by atoms with Gasteiger partial charge < -0.3 is 10.2 Å². The van der Waals surface area contributed by atoms with Gasteiger partial charge in [-0.05, 0) is 38.1 Å². The molecule has 1 aromatic carbocycles. The lowest BCUT2D eigenvalue weighted by Gasteiger charge is -2.31. The second kappa shape index (κ2) is 7.37. The van der Waals surface area contributed by atoms with Crippen molar-refractivity contribution in [3.8, 4) is 0 Å². The van der Waals surface area contributed by atoms with E-state index in [9.17, 15) is 18.0 Å². The molecular formula is C15H19F3N2OS. The monoisotopic (exact) mass is 332 g/mol. The molecule has 1 amide bonds. The summed E-state index contributed by atoms with van der Waals surface area (Å²) in [5, 5.41) is 3.19. The first-order valence-electron chi connectivity index (χ1n) is 7.15. The highest BCUT2D eigenvalue weighted by atomic mass is 32.2. The van der Waals surface area contributed by atoms with Gasteiger partial charge in [0.2, 0.25) is 5.91 Å². The molecule has 1 aromatic rings. The van der Waals surface area contributed by atoms with E-state index < -0.39 is 11.7 Å². The lowest BCUT2D eigenvalue weighted by molar-refractivity contribution is -0.137. The number of amides is 1. The molecule has 0 aliphatic carbocycles. The second-order valence-corrected chi connectivity index (χ2v) is 6.31. The minimum Gasteiger partial charge on any atom is -0.342 e. The molecule has 0 radical (unpaired) electrons. The Bertz CT molecular complexity index is 514. The molecule has 0 atom stereocenters. The summed E-state index contributed by atoms with van der Waals surface area (Å²) in [5.41, 5.74) is -0.681. The van der Waals surface area contributed by atoms with E-state index in [1.807, 2.05) is 7.05 Å². The molecule has 7 heteroatoms. The number of carbonyl (C=O) groups excluding carboxylic acids is 1. The molecule has 0 bridgehead atoms. The lowest BCUT2D eigenvalue weighted by atomic mass is 10.1. The van der Waals surface area contributed by atoms with Crippen molar-refractivity contribution in [2.45, 2.75) is 30.0 Å². The molecule has 22 heavy (non-hydrogen) atoms. The number of halogens is 3. The van der Waals surface area contributed by atoms with Crippen molar-refractivity contribution in [2.75, 3.05) is 25.9 Å². The fourth-order valence-corrected chi connectivity index (χ4v) is 3.27. The number of alkyl halides is 3. The van der Waals surface area contributed by atoms with E-state index in [4.69, 9.17) is 0 Å². The Morgan fingerprint density at radius 3 is 2.64 bits per heavy atom. The van der Waals surface area contributed by atoms with Crippen molar-refractivity contribution in [3.63, 3.8) is 0 Å². The highest BCUT2D eigenvalue weighted by Crippen LogP contribution is 2.32. The first kappa shape index (κ1) is 17.1. The fraction of sp³-hybridized carbons (Fsp3) is 0.533. The fourth-order valence-electron chi connectivity index (χ4n) is 2.42. The van der Waals surface area contributed by atoms with Crippen LogP contribution in [0, 0.1) is 0 Å². The van der Waals surface area contributed by atoms with Gasteiger partial charge >= 0.3 is 6.18 Å². The standard InChI is InChI=1S/C15H19F3N2OS/c1-19-12-5-7-20(8-6-12)14(21)10-22-13-4-2-3-11(9-13)15(16,17)18/h2-4,9,12,19H,5-8,10H2,1H3. The van der Waals surface area contributed by atoms with E-state index in [2.05, 4.69) is 5.32 Å². The maximum absolute atomic E-state index is 12.6. The van der Waals surface area contributed by atoms with E-state index in [1.54, 1.807) is 11.0 Å². The highest BCUT2D eigenvalue weighted by Gasteiger charge is 2.30. The van der Waals surface area contributed by atoms with E-state index in [0.717, 1.165) is 36.7 Å². The maximum atomic E-state index is 12.6. The van der Waals surface area contributed by atoms with Gasteiger partial charge in [-0.25, -0.2) is 0 Å². The molecule has 0 aromatic heterocycles. The Balaban J connectivity index is 1.86. The molecule has 1 fully saturated rings. The quantitative estimate of drug-likeness (QED) is 0.860. The predicted molar refractivity (Wildman–Crippen MR) is 80.8 cm³/mol. The van der Waals surface area contributed by atoms with Gasteiger partial charge in [-0.2, -0.15) is 13.2 Å². The predicted octanol–water partition coefficient (Wildman–Crippen LogP) is 3.01. The lowest BCUT2D eigenvalue weighted by Crippen LogP contribution is -2.44. The summed E-state index contributed by atoms with van der Waals surface area (Å²) < 4.78 is 37.9. The topological polar surface area (TPSA) is 32.3 Å². The number of piperidine rings is 1. The molecular weight excluding hydrogens is 313 g/mol. The van der Waals surface area contributed by atoms with E-state index in [1.165, 1.54) is 6.07 Å². The number of nitrogens with zero attached hydrogens (tertiary/aromatic N) is 1. The zero-order valence-corrected chi connectivity index (χ0v) is 13.1. The van der Waals surface area contributed by atoms with Gasteiger partial charge in [-0.3, -0.25) is 4.79 Å². The number of likely N-dealkylation sites (tertiary alicyclic amines) is 1. The summed E-state index contributed by atoms with van der Waals surface area (Å²) in [4.78, 5) is 14.4. The largest absolute Gasteiger partial charge is 0.416 e. The number of benzene rings is 1. The van der Waals surface area contributed by atoms with Crippen LogP contribution in [0.5, 0.6) is 0 Å². The molecule has 3 nitrogen and oxygen atoms in total. The Morgan fingerprint density at radius 2 is 2.05 bits per heavy atom. The highest BCUT2D eigenvalue weighted by molar-refractivity contribution is 8.00. The third kappa shape index (κ3) is 4.64. The minimum absolute atomic E-state index is 0.0167. The Hall–Kier alpha value is -1.21. The van der Waals surface area contributed by atoms with Crippen molar-refractivity contribution in [3.05, 3.63) is 29.8 Å². The van der Waals surface area contributed by atoms with Gasteiger partial charge in [-0.1, -0.05) is 6.07 Å². The molecule has 122 valence electrons. The third-order valence-corrected chi connectivity index (χ3v) is 4.76. The van der Waals surface area contributed by atoms with Crippen molar-refractivity contribution >= 4 is 17.7 Å². The number of nitrogens with one attached hydrogen (secondary N) is 1. The summed E-state index contributed by atoms with van der Waals surface area (Å²) in [6.07, 6.45) is -2.53. The normalized spacial score (nSPS) is 16.8.